The number of halogens is 1. The van der Waals surface area contributed by atoms with Gasteiger partial charge in [0.25, 0.3) is 0 Å². The van der Waals surface area contributed by atoms with Gasteiger partial charge in [-0.2, -0.15) is 0 Å². The van der Waals surface area contributed by atoms with E-state index in [1.807, 2.05) is 24.3 Å². The van der Waals surface area contributed by atoms with Crippen molar-refractivity contribution in [3.8, 4) is 5.75 Å². The molecule has 3 rings (SSSR count). The fourth-order valence-electron chi connectivity index (χ4n) is 2.42. The maximum absolute atomic E-state index is 12.9. The predicted octanol–water partition coefficient (Wildman–Crippen LogP) is 3.03. The summed E-state index contributed by atoms with van der Waals surface area (Å²) in [6.45, 7) is 0.814. The van der Waals surface area contributed by atoms with E-state index in [0.29, 0.717) is 0 Å². The molecule has 1 heterocycles. The van der Waals surface area contributed by atoms with Crippen LogP contribution in [0.25, 0.3) is 0 Å². The molecule has 92 valence electrons. The van der Waals surface area contributed by atoms with Crippen molar-refractivity contribution in [2.45, 2.75) is 12.6 Å². The van der Waals surface area contributed by atoms with Crippen molar-refractivity contribution in [1.82, 2.24) is 5.32 Å². The van der Waals surface area contributed by atoms with Crippen molar-refractivity contribution in [2.24, 2.45) is 0 Å². The average molecular weight is 243 g/mol. The predicted molar refractivity (Wildman–Crippen MR) is 68.1 cm³/mol. The van der Waals surface area contributed by atoms with Gasteiger partial charge in [-0.1, -0.05) is 18.2 Å². The Labute approximate surface area is 105 Å². The number of hydrogen-bond acceptors (Lipinski definition) is 2. The van der Waals surface area contributed by atoms with Crippen molar-refractivity contribution in [3.63, 3.8) is 0 Å². The monoisotopic (exact) mass is 243 g/mol. The molecule has 1 aliphatic rings. The minimum atomic E-state index is -0.202. The van der Waals surface area contributed by atoms with Gasteiger partial charge in [-0.3, -0.25) is 0 Å². The first kappa shape index (κ1) is 11.2. The first-order valence-corrected chi connectivity index (χ1v) is 5.93. The normalized spacial score (nSPS) is 17.6. The third-order valence-corrected chi connectivity index (χ3v) is 3.36. The molecule has 1 unspecified atom stereocenters. The number of rotatable bonds is 2. The molecular formula is C15H14FNO. The molecule has 1 atom stereocenters. The summed E-state index contributed by atoms with van der Waals surface area (Å²) in [6, 6.07) is 12.9. The van der Waals surface area contributed by atoms with E-state index in [0.717, 1.165) is 17.9 Å². The first-order valence-electron chi connectivity index (χ1n) is 5.93. The van der Waals surface area contributed by atoms with Gasteiger partial charge in [-0.15, -0.1) is 0 Å². The molecule has 0 aliphatic carbocycles. The summed E-state index contributed by atoms with van der Waals surface area (Å²) in [4.78, 5) is 0. The van der Waals surface area contributed by atoms with Crippen molar-refractivity contribution < 1.29 is 9.13 Å². The lowest BCUT2D eigenvalue weighted by Crippen LogP contribution is -2.13. The summed E-state index contributed by atoms with van der Waals surface area (Å²) >= 11 is 0. The lowest BCUT2D eigenvalue weighted by molar-refractivity contribution is 0.414. The first-order chi connectivity index (χ1) is 8.78. The minimum Gasteiger partial charge on any atom is -0.497 e. The van der Waals surface area contributed by atoms with Crippen LogP contribution in [0.4, 0.5) is 4.39 Å². The van der Waals surface area contributed by atoms with Gasteiger partial charge >= 0.3 is 0 Å². The number of ether oxygens (including phenoxy) is 1. The molecule has 0 saturated heterocycles. The highest BCUT2D eigenvalue weighted by atomic mass is 19.1. The van der Waals surface area contributed by atoms with E-state index in [-0.39, 0.29) is 11.9 Å². The van der Waals surface area contributed by atoms with Crippen LogP contribution in [0.1, 0.15) is 22.7 Å². The van der Waals surface area contributed by atoms with E-state index in [9.17, 15) is 4.39 Å². The molecule has 2 aromatic rings. The van der Waals surface area contributed by atoms with E-state index in [2.05, 4.69) is 11.4 Å². The van der Waals surface area contributed by atoms with Gasteiger partial charge in [-0.25, -0.2) is 4.39 Å². The third kappa shape index (κ3) is 1.87. The van der Waals surface area contributed by atoms with Gasteiger partial charge < -0.3 is 10.1 Å². The second kappa shape index (κ2) is 4.42. The van der Waals surface area contributed by atoms with Gasteiger partial charge in [0.15, 0.2) is 0 Å². The summed E-state index contributed by atoms with van der Waals surface area (Å²) in [7, 11) is 1.67. The quantitative estimate of drug-likeness (QED) is 0.875. The van der Waals surface area contributed by atoms with Crippen LogP contribution in [0.2, 0.25) is 0 Å². The van der Waals surface area contributed by atoms with Gasteiger partial charge in [0.2, 0.25) is 0 Å². The highest BCUT2D eigenvalue weighted by Crippen LogP contribution is 2.32. The Kier molecular flexibility index (Phi) is 2.76. The van der Waals surface area contributed by atoms with Crippen LogP contribution in [0.3, 0.4) is 0 Å². The summed E-state index contributed by atoms with van der Waals surface area (Å²) in [5, 5.41) is 3.43. The Balaban J connectivity index is 1.97. The zero-order valence-electron chi connectivity index (χ0n) is 10.1. The SMILES string of the molecule is COc1ccc2c(c1)CNC2c1ccc(F)cc1. The number of nitrogens with one attached hydrogen (secondary N) is 1. The Morgan fingerprint density at radius 3 is 2.67 bits per heavy atom. The van der Waals surface area contributed by atoms with Crippen molar-refractivity contribution in [2.75, 3.05) is 7.11 Å². The summed E-state index contributed by atoms with van der Waals surface area (Å²) in [5.41, 5.74) is 3.56. The molecular weight excluding hydrogens is 229 g/mol. The van der Waals surface area contributed by atoms with E-state index in [1.54, 1.807) is 7.11 Å². The topological polar surface area (TPSA) is 21.3 Å². The zero-order chi connectivity index (χ0) is 12.5. The van der Waals surface area contributed by atoms with Crippen molar-refractivity contribution >= 4 is 0 Å². The lowest BCUT2D eigenvalue weighted by atomic mass is 9.98. The lowest BCUT2D eigenvalue weighted by Gasteiger charge is -2.12. The van der Waals surface area contributed by atoms with E-state index >= 15 is 0 Å². The van der Waals surface area contributed by atoms with Crippen LogP contribution in [-0.4, -0.2) is 7.11 Å². The molecule has 1 aliphatic heterocycles. The van der Waals surface area contributed by atoms with E-state index < -0.39 is 0 Å². The second-order valence-corrected chi connectivity index (χ2v) is 4.43. The largest absolute Gasteiger partial charge is 0.497 e. The standard InChI is InChI=1S/C15H14FNO/c1-18-13-6-7-14-11(8-13)9-17-15(14)10-2-4-12(16)5-3-10/h2-8,15,17H,9H2,1H3. The van der Waals surface area contributed by atoms with Crippen LogP contribution in [0.5, 0.6) is 5.75 Å². The smallest absolute Gasteiger partial charge is 0.123 e. The van der Waals surface area contributed by atoms with Gasteiger partial charge in [0, 0.05) is 6.54 Å². The van der Waals surface area contributed by atoms with Crippen LogP contribution < -0.4 is 10.1 Å². The second-order valence-electron chi connectivity index (χ2n) is 4.43. The van der Waals surface area contributed by atoms with Crippen LogP contribution in [-0.2, 0) is 6.54 Å². The summed E-state index contributed by atoms with van der Waals surface area (Å²) < 4.78 is 18.2. The van der Waals surface area contributed by atoms with Gasteiger partial charge in [0.05, 0.1) is 13.2 Å². The molecule has 0 radical (unpaired) electrons. The number of fused-ring (bicyclic) bond motifs is 1. The number of benzene rings is 2. The molecule has 2 aromatic carbocycles. The highest BCUT2D eigenvalue weighted by Gasteiger charge is 2.23. The fraction of sp³-hybridized carbons (Fsp3) is 0.200. The molecule has 1 N–H and O–H groups in total. The van der Waals surface area contributed by atoms with Crippen LogP contribution in [0, 0.1) is 5.82 Å². The van der Waals surface area contributed by atoms with Gasteiger partial charge in [0.1, 0.15) is 11.6 Å². The molecule has 0 amide bonds. The summed E-state index contributed by atoms with van der Waals surface area (Å²) in [6.07, 6.45) is 0. The maximum Gasteiger partial charge on any atom is 0.123 e. The van der Waals surface area contributed by atoms with E-state index in [4.69, 9.17) is 4.74 Å². The molecule has 0 fully saturated rings. The Morgan fingerprint density at radius 2 is 1.94 bits per heavy atom. The Morgan fingerprint density at radius 1 is 1.17 bits per heavy atom. The summed E-state index contributed by atoms with van der Waals surface area (Å²) in [5.74, 6) is 0.669. The molecule has 0 saturated carbocycles. The Bertz CT molecular complexity index is 565. The van der Waals surface area contributed by atoms with E-state index in [1.165, 1.54) is 23.3 Å². The zero-order valence-corrected chi connectivity index (χ0v) is 10.1. The number of methoxy groups -OCH3 is 1. The molecule has 0 spiro atoms. The van der Waals surface area contributed by atoms with Gasteiger partial charge in [-0.05, 0) is 41.0 Å². The molecule has 2 nitrogen and oxygen atoms in total. The third-order valence-electron chi connectivity index (χ3n) is 3.36. The number of hydrogen-bond donors (Lipinski definition) is 1. The molecule has 0 bridgehead atoms. The molecule has 18 heavy (non-hydrogen) atoms. The van der Waals surface area contributed by atoms with Crippen LogP contribution >= 0.6 is 0 Å². The minimum absolute atomic E-state index is 0.145. The molecule has 3 heteroatoms. The fourth-order valence-corrected chi connectivity index (χ4v) is 2.42. The molecule has 0 aromatic heterocycles. The highest BCUT2D eigenvalue weighted by molar-refractivity contribution is 5.44. The van der Waals surface area contributed by atoms with Crippen molar-refractivity contribution in [3.05, 3.63) is 65.0 Å². The van der Waals surface area contributed by atoms with Crippen LogP contribution in [0.15, 0.2) is 42.5 Å². The average Bonchev–Trinajstić information content (AvgIpc) is 2.82. The maximum atomic E-state index is 12.9. The van der Waals surface area contributed by atoms with Crippen molar-refractivity contribution in [1.29, 1.82) is 0 Å². The Hall–Kier alpha value is -1.87.